The Morgan fingerprint density at radius 3 is 1.09 bits per heavy atom. The van der Waals surface area contributed by atoms with Crippen LogP contribution in [-0.2, 0) is 57.3 Å². The van der Waals surface area contributed by atoms with Crippen LogP contribution in [-0.4, -0.2) is 178 Å². The summed E-state index contributed by atoms with van der Waals surface area (Å²) in [6.45, 7) is 16.9. The molecule has 128 heavy (non-hydrogen) atoms. The number of likely N-dealkylation sites (tertiary alicyclic amines) is 4. The number of esters is 2. The molecule has 6 aliphatic rings. The number of rotatable bonds is 26. The molecular weight excluding hydrogens is 1690 g/mol. The van der Waals surface area contributed by atoms with E-state index in [2.05, 4.69) is 65.3 Å². The maximum atomic E-state index is 15.2. The number of nitrogens with zero attached hydrogens (tertiary/aromatic N) is 8. The number of ether oxygens (including phenoxy) is 4. The number of aromatic amines is 2. The van der Waals surface area contributed by atoms with Crippen molar-refractivity contribution in [1.82, 2.24) is 50.2 Å². The number of hydrogen-bond donors (Lipinski definition) is 8. The van der Waals surface area contributed by atoms with Crippen molar-refractivity contribution in [2.24, 2.45) is 35.5 Å². The Bertz CT molecular complexity index is 5200. The number of H-pyrrole nitrogens is 2. The van der Waals surface area contributed by atoms with Crippen LogP contribution in [0.4, 0.5) is 52.5 Å². The third kappa shape index (κ3) is 20.3. The Kier molecular flexibility index (Phi) is 29.8. The van der Waals surface area contributed by atoms with E-state index in [-0.39, 0.29) is 118 Å². The van der Waals surface area contributed by atoms with E-state index in [1.807, 2.05) is 85.7 Å². The van der Waals surface area contributed by atoms with Crippen molar-refractivity contribution in [3.63, 3.8) is 0 Å². The maximum Gasteiger partial charge on any atom is 0.407 e. The zero-order valence-corrected chi connectivity index (χ0v) is 75.8. The molecule has 14 rings (SSSR count). The second kappa shape index (κ2) is 40.7. The Balaban J connectivity index is 0.000000219. The van der Waals surface area contributed by atoms with E-state index in [9.17, 15) is 47.9 Å². The minimum Gasteiger partial charge on any atom is -0.469 e. The lowest BCUT2D eigenvalue weighted by Crippen LogP contribution is -2.51. The van der Waals surface area contributed by atoms with Crippen LogP contribution in [0.25, 0.3) is 22.1 Å². The van der Waals surface area contributed by atoms with Gasteiger partial charge in [-0.15, -0.1) is 0 Å². The number of methoxy groups -OCH3 is 4. The molecule has 6 aromatic carbocycles. The van der Waals surface area contributed by atoms with Crippen LogP contribution in [0.1, 0.15) is 215 Å². The summed E-state index contributed by atoms with van der Waals surface area (Å²) >= 11 is 12.3. The molecule has 0 aliphatic carbocycles. The van der Waals surface area contributed by atoms with Crippen LogP contribution >= 0.6 is 23.2 Å². The van der Waals surface area contributed by atoms with Gasteiger partial charge in [-0.2, -0.15) is 0 Å². The van der Waals surface area contributed by atoms with Crippen LogP contribution in [0.5, 0.6) is 0 Å². The van der Waals surface area contributed by atoms with Crippen molar-refractivity contribution in [3.05, 3.63) is 165 Å². The topological polar surface area (TPSA) is 385 Å². The zero-order chi connectivity index (χ0) is 92.0. The molecule has 10 N–H and O–H groups in total. The van der Waals surface area contributed by atoms with Gasteiger partial charge in [0.2, 0.25) is 35.4 Å². The van der Waals surface area contributed by atoms with Crippen LogP contribution in [0.3, 0.4) is 0 Å². The number of imidazole rings is 2. The van der Waals surface area contributed by atoms with Crippen LogP contribution < -0.4 is 42.5 Å². The number of nitrogens with two attached hydrogens (primary N) is 2. The quantitative estimate of drug-likeness (QED) is 0.0142. The number of benzene rings is 6. The smallest absolute Gasteiger partial charge is 0.407 e. The molecule has 684 valence electrons. The molecule has 12 atom stereocenters. The number of carbonyl (C=O) groups is 10. The average molecular weight is 1800 g/mol. The second-order valence-electron chi connectivity index (χ2n) is 35.4. The molecular formula is C94H116Cl2F2N16O14. The lowest BCUT2D eigenvalue weighted by molar-refractivity contribution is -0.149. The lowest BCUT2D eigenvalue weighted by atomic mass is 9.90. The number of fused-ring (bicyclic) bond motifs is 2. The molecule has 8 aromatic rings. The minimum absolute atomic E-state index is 0.0221. The highest BCUT2D eigenvalue weighted by Gasteiger charge is 2.46. The molecule has 30 nitrogen and oxygen atoms in total. The van der Waals surface area contributed by atoms with Gasteiger partial charge in [-0.3, -0.25) is 38.4 Å². The van der Waals surface area contributed by atoms with Gasteiger partial charge in [0.25, 0.3) is 0 Å². The number of anilines is 6. The maximum absolute atomic E-state index is 15.2. The van der Waals surface area contributed by atoms with Crippen molar-refractivity contribution in [2.45, 2.75) is 206 Å². The van der Waals surface area contributed by atoms with E-state index < -0.39 is 71.8 Å². The SMILES string of the molecule is COC(=O)C[C@H](C(=O)N1CCC[C@H]1C(=O)Nc1ccc(C2CC[C@H](c3ccc(NC(=O)[C@@H]4CCCN4C(=O)[C@@H](CC(=O)OC)C(C)C)c(N)c3)N2c2ccc(Cl)c(F)c2)cc1N)C(C)C.COC(=O)N[C@H](C(=O)N1CCCC1c1nc2ccc([C@H]3CC[C@H](c4ccc5nc([C@@H]6CCCN6C(=O)[C@@H](NC(=O)OC)C(C)C)[nH]c5c4)N3c3ccc(Cl)c(F)c3)cc2[nH]1)C(C)C. The van der Waals surface area contributed by atoms with E-state index >= 15 is 8.78 Å². The van der Waals surface area contributed by atoms with Crippen LogP contribution in [0, 0.1) is 47.1 Å². The summed E-state index contributed by atoms with van der Waals surface area (Å²) in [5.41, 5.74) is 22.7. The van der Waals surface area contributed by atoms with E-state index in [0.717, 1.165) is 82.8 Å². The highest BCUT2D eigenvalue weighted by atomic mass is 35.5. The number of hydrogen-bond acceptors (Lipinski definition) is 20. The lowest BCUT2D eigenvalue weighted by Gasteiger charge is -2.34. The Morgan fingerprint density at radius 2 is 0.766 bits per heavy atom. The number of alkyl carbamates (subject to hydrolysis) is 2. The third-order valence-electron chi connectivity index (χ3n) is 26.1. The number of nitrogens with one attached hydrogen (secondary N) is 6. The summed E-state index contributed by atoms with van der Waals surface area (Å²) in [6, 6.07) is 28.3. The number of carbonyl (C=O) groups excluding carboxylic acids is 10. The summed E-state index contributed by atoms with van der Waals surface area (Å²) in [5.74, 6) is -4.16. The van der Waals surface area contributed by atoms with Gasteiger partial charge in [0.1, 0.15) is 47.5 Å². The molecule has 6 saturated heterocycles. The fourth-order valence-corrected chi connectivity index (χ4v) is 19.4. The first-order chi connectivity index (χ1) is 61.2. The van der Waals surface area contributed by atoms with Gasteiger partial charge in [-0.25, -0.2) is 28.3 Å². The van der Waals surface area contributed by atoms with Crippen molar-refractivity contribution >= 4 is 139 Å². The first-order valence-corrected chi connectivity index (χ1v) is 44.9. The molecule has 0 saturated carbocycles. The summed E-state index contributed by atoms with van der Waals surface area (Å²) in [7, 11) is 5.12. The first-order valence-electron chi connectivity index (χ1n) is 44.1. The Morgan fingerprint density at radius 1 is 0.422 bits per heavy atom. The average Bonchev–Trinajstić information content (AvgIpc) is 1.61. The number of aromatic nitrogens is 4. The standard InChI is InChI=1S/C48H61ClFN7O8.C46H55ClFN9O6/c1-26(2)31(24-43(58)64-5)47(62)55-19-7-9-41(55)45(60)53-37-15-11-28(21-35(37)51)39-17-18-40(57(39)30-13-14-33(49)34(50)23-30)29-12-16-38(36(52)22-29)54-46(61)42-10-8-20-56(42)48(63)32(27(3)4)25-44(59)65-6;1-24(2)39(53-45(60)62-5)43(58)55-19-7-9-37(55)41-49-31-15-11-26(21-33(31)51-41)35-17-18-36(57(35)28-13-14-29(47)30(48)23-28)27-12-16-32-34(22-27)52-42(50-32)38-10-8-20-56(38)44(59)40(25(3)4)54-46(61)63-6/h11-16,21-23,26-27,31-32,39-42H,7-10,17-20,24-25,51-52H2,1-6H3,(H,53,60)(H,54,61);11-16,21-25,35-40H,7-10,17-20H2,1-6H3,(H,49,51)(H,50,52)(H,53,60)(H,54,61)/t31-,32-,39+,40?,41-,42-;35-,36-,37+,38?,39+,40+/m01/s1. The molecule has 0 bridgehead atoms. The van der Waals surface area contributed by atoms with E-state index in [1.54, 1.807) is 56.0 Å². The van der Waals surface area contributed by atoms with Gasteiger partial charge in [0.15, 0.2) is 0 Å². The highest BCUT2D eigenvalue weighted by molar-refractivity contribution is 6.31. The second-order valence-corrected chi connectivity index (χ2v) is 36.2. The number of nitrogen functional groups attached to an aromatic ring is 2. The predicted molar refractivity (Wildman–Crippen MR) is 483 cm³/mol. The Labute approximate surface area is 753 Å². The predicted octanol–water partition coefficient (Wildman–Crippen LogP) is 15.7. The summed E-state index contributed by atoms with van der Waals surface area (Å²) in [6.07, 6.45) is 6.64. The van der Waals surface area contributed by atoms with Gasteiger partial charge in [0, 0.05) is 37.6 Å². The summed E-state index contributed by atoms with van der Waals surface area (Å²) < 4.78 is 49.6. The van der Waals surface area contributed by atoms with Crippen molar-refractivity contribution in [1.29, 1.82) is 0 Å². The van der Waals surface area contributed by atoms with Gasteiger partial charge in [-0.1, -0.05) is 103 Å². The van der Waals surface area contributed by atoms with Gasteiger partial charge in [-0.05, 0) is 208 Å². The van der Waals surface area contributed by atoms with E-state index in [0.29, 0.717) is 110 Å². The van der Waals surface area contributed by atoms with Crippen LogP contribution in [0.2, 0.25) is 10.0 Å². The number of halogens is 4. The van der Waals surface area contributed by atoms with E-state index in [4.69, 9.17) is 63.6 Å². The largest absolute Gasteiger partial charge is 0.469 e. The summed E-state index contributed by atoms with van der Waals surface area (Å²) in [4.78, 5) is 159. The molecule has 6 fully saturated rings. The Hall–Kier alpha value is -11.8. The van der Waals surface area contributed by atoms with Crippen molar-refractivity contribution in [2.75, 3.05) is 86.5 Å². The zero-order valence-electron chi connectivity index (χ0n) is 74.3. The number of amides is 8. The van der Waals surface area contributed by atoms with E-state index in [1.165, 1.54) is 46.6 Å². The van der Waals surface area contributed by atoms with Gasteiger partial charge < -0.3 is 91.0 Å². The molecule has 0 radical (unpaired) electrons. The minimum atomic E-state index is -0.738. The fourth-order valence-electron chi connectivity index (χ4n) is 19.2. The monoisotopic (exact) mass is 1800 g/mol. The first kappa shape index (κ1) is 93.8. The normalized spacial score (nSPS) is 20.8. The molecule has 0 spiro atoms. The van der Waals surface area contributed by atoms with Crippen molar-refractivity contribution < 1.29 is 75.7 Å². The van der Waals surface area contributed by atoms with Crippen LogP contribution in [0.15, 0.2) is 109 Å². The van der Waals surface area contributed by atoms with Gasteiger partial charge >= 0.3 is 24.1 Å². The molecule has 34 heteroatoms. The molecule has 6 aliphatic heterocycles. The molecule has 8 heterocycles. The third-order valence-corrected chi connectivity index (χ3v) is 26.7. The fraction of sp³-hybridized carbons (Fsp3) is 0.489. The van der Waals surface area contributed by atoms with Crippen molar-refractivity contribution in [3.8, 4) is 0 Å². The summed E-state index contributed by atoms with van der Waals surface area (Å²) in [5, 5.41) is 11.3. The molecule has 8 amide bonds. The van der Waals surface area contributed by atoms with Gasteiger partial charge in [0.05, 0.1) is 144 Å². The molecule has 2 unspecified atom stereocenters. The molecule has 2 aromatic heterocycles. The highest BCUT2D eigenvalue weighted by Crippen LogP contribution is 2.51.